The quantitative estimate of drug-likeness (QED) is 0.178. The molecule has 5 rings (SSSR count). The lowest BCUT2D eigenvalue weighted by molar-refractivity contribution is 0.595. The number of anilines is 1. The highest BCUT2D eigenvalue weighted by Crippen LogP contribution is 2.31. The number of nitrogens with two attached hydrogens (primary N) is 1. The fourth-order valence-electron chi connectivity index (χ4n) is 3.13. The second-order valence-corrected chi connectivity index (χ2v) is 17.1. The topological polar surface area (TPSA) is 103 Å². The van der Waals surface area contributed by atoms with Crippen LogP contribution in [0.1, 0.15) is 11.1 Å². The second kappa shape index (κ2) is 15.1. The van der Waals surface area contributed by atoms with Crippen LogP contribution in [0, 0.1) is 13.1 Å². The van der Waals surface area contributed by atoms with Crippen molar-refractivity contribution in [1.29, 1.82) is 0 Å². The molecule has 13 heteroatoms. The Balaban J connectivity index is 0.000000180. The smallest absolute Gasteiger partial charge is 0.242 e. The Morgan fingerprint density at radius 1 is 0.610 bits per heavy atom. The Kier molecular flexibility index (Phi) is 11.8. The number of thiophene rings is 3. The molecule has 3 aromatic heterocycles. The summed E-state index contributed by atoms with van der Waals surface area (Å²) in [5.41, 5.74) is 7.06. The monoisotopic (exact) mass is 703 g/mol. The molecule has 41 heavy (non-hydrogen) atoms. The standard InChI is InChI=1S/C12H9NO2S2.C11H11NO2S2.C5H2BrNS/c1-13-11-7-8-12(16-11)17(14,15)9-10-5-3-2-4-6-10;12-10-6-7-11(15-10)16(13,14)8-9-4-2-1-3-5-9;1-7-5-3-2-4(6)8-5/h2-8H,9H2;1-7H,8,12H2;2-3H. The second-order valence-electron chi connectivity index (χ2n) is 8.04. The molecule has 0 aliphatic carbocycles. The number of nitrogens with zero attached hydrogens (tertiary/aromatic N) is 2. The number of hydrogen-bond donors (Lipinski definition) is 1. The molecule has 0 fully saturated rings. The van der Waals surface area contributed by atoms with Gasteiger partial charge >= 0.3 is 0 Å². The van der Waals surface area contributed by atoms with Crippen LogP contribution in [-0.4, -0.2) is 16.8 Å². The molecule has 0 radical (unpaired) electrons. The molecule has 0 aliphatic rings. The first-order chi connectivity index (χ1) is 19.5. The third kappa shape index (κ3) is 10.2. The van der Waals surface area contributed by atoms with Crippen molar-refractivity contribution in [3.05, 3.63) is 135 Å². The van der Waals surface area contributed by atoms with E-state index in [0.717, 1.165) is 42.6 Å². The predicted octanol–water partition coefficient (Wildman–Crippen LogP) is 8.64. The van der Waals surface area contributed by atoms with E-state index in [2.05, 4.69) is 25.6 Å². The average molecular weight is 705 g/mol. The highest BCUT2D eigenvalue weighted by atomic mass is 79.9. The number of benzene rings is 2. The number of rotatable bonds is 6. The summed E-state index contributed by atoms with van der Waals surface area (Å²) in [6.45, 7) is 13.4. The van der Waals surface area contributed by atoms with Crippen LogP contribution >= 0.6 is 49.9 Å². The Bertz CT molecular complexity index is 1870. The molecule has 0 saturated heterocycles. The van der Waals surface area contributed by atoms with Gasteiger partial charge in [-0.15, -0.1) is 34.0 Å². The molecular formula is C28H22BrN3O4S5. The van der Waals surface area contributed by atoms with Crippen molar-refractivity contribution < 1.29 is 16.8 Å². The number of sulfone groups is 2. The van der Waals surface area contributed by atoms with Crippen LogP contribution in [-0.2, 0) is 31.2 Å². The maximum absolute atomic E-state index is 12.0. The van der Waals surface area contributed by atoms with Crippen molar-refractivity contribution in [1.82, 2.24) is 0 Å². The lowest BCUT2D eigenvalue weighted by Gasteiger charge is -2.01. The third-order valence-electron chi connectivity index (χ3n) is 4.96. The highest BCUT2D eigenvalue weighted by molar-refractivity contribution is 9.11. The summed E-state index contributed by atoms with van der Waals surface area (Å²) in [7, 11) is -6.58. The fourth-order valence-corrected chi connectivity index (χ4v) is 9.32. The fraction of sp³-hybridized carbons (Fsp3) is 0.0714. The maximum Gasteiger partial charge on any atom is 0.242 e. The largest absolute Gasteiger partial charge is 0.391 e. The van der Waals surface area contributed by atoms with Crippen molar-refractivity contribution in [2.24, 2.45) is 0 Å². The minimum Gasteiger partial charge on any atom is -0.391 e. The van der Waals surface area contributed by atoms with Gasteiger partial charge in [0.05, 0.1) is 33.4 Å². The molecule has 3 heterocycles. The van der Waals surface area contributed by atoms with E-state index in [1.165, 1.54) is 23.5 Å². The average Bonchev–Trinajstić information content (AvgIpc) is 3.71. The minimum atomic E-state index is -3.33. The molecule has 0 bridgehead atoms. The predicted molar refractivity (Wildman–Crippen MR) is 172 cm³/mol. The summed E-state index contributed by atoms with van der Waals surface area (Å²) in [6.07, 6.45) is 0. The molecule has 0 amide bonds. The molecule has 210 valence electrons. The molecular weight excluding hydrogens is 683 g/mol. The van der Waals surface area contributed by atoms with Crippen molar-refractivity contribution in [2.75, 3.05) is 5.73 Å². The van der Waals surface area contributed by atoms with E-state index < -0.39 is 19.7 Å². The Morgan fingerprint density at radius 3 is 1.41 bits per heavy atom. The van der Waals surface area contributed by atoms with Crippen LogP contribution in [0.25, 0.3) is 9.69 Å². The van der Waals surface area contributed by atoms with E-state index in [1.54, 1.807) is 42.5 Å². The summed E-state index contributed by atoms with van der Waals surface area (Å²) in [5.74, 6) is -0.000410. The van der Waals surface area contributed by atoms with Gasteiger partial charge in [0.15, 0.2) is 19.7 Å². The number of halogens is 1. The van der Waals surface area contributed by atoms with Crippen LogP contribution in [0.4, 0.5) is 15.0 Å². The van der Waals surface area contributed by atoms with E-state index in [4.69, 9.17) is 18.9 Å². The van der Waals surface area contributed by atoms with Crippen molar-refractivity contribution in [2.45, 2.75) is 19.9 Å². The van der Waals surface area contributed by atoms with Crippen LogP contribution < -0.4 is 5.73 Å². The molecule has 5 aromatic rings. The van der Waals surface area contributed by atoms with Gasteiger partial charge in [-0.25, -0.2) is 26.5 Å². The zero-order valence-corrected chi connectivity index (χ0v) is 26.8. The van der Waals surface area contributed by atoms with E-state index in [9.17, 15) is 16.8 Å². The van der Waals surface area contributed by atoms with Crippen LogP contribution in [0.15, 0.2) is 109 Å². The summed E-state index contributed by atoms with van der Waals surface area (Å²) >= 11 is 6.82. The minimum absolute atomic E-state index is 0.0216. The van der Waals surface area contributed by atoms with Gasteiger partial charge < -0.3 is 5.73 Å². The van der Waals surface area contributed by atoms with Crippen LogP contribution in [0.2, 0.25) is 0 Å². The molecule has 7 nitrogen and oxygen atoms in total. The Morgan fingerprint density at radius 2 is 1.05 bits per heavy atom. The zero-order valence-electron chi connectivity index (χ0n) is 21.2. The van der Waals surface area contributed by atoms with Gasteiger partial charge in [0, 0.05) is 0 Å². The summed E-state index contributed by atoms with van der Waals surface area (Å²) in [6, 6.07) is 28.0. The van der Waals surface area contributed by atoms with Crippen LogP contribution in [0.5, 0.6) is 0 Å². The Hall–Kier alpha value is -3.30. The maximum atomic E-state index is 12.0. The van der Waals surface area contributed by atoms with Gasteiger partial charge in [0.1, 0.15) is 8.42 Å². The molecule has 0 unspecified atom stereocenters. The normalized spacial score (nSPS) is 10.7. The van der Waals surface area contributed by atoms with Crippen molar-refractivity contribution in [3.8, 4) is 0 Å². The lowest BCUT2D eigenvalue weighted by atomic mass is 10.2. The Labute approximate surface area is 260 Å². The van der Waals surface area contributed by atoms with Gasteiger partial charge in [0.25, 0.3) is 0 Å². The molecule has 0 spiro atoms. The van der Waals surface area contributed by atoms with E-state index in [0.29, 0.717) is 14.2 Å². The molecule has 0 aliphatic heterocycles. The summed E-state index contributed by atoms with van der Waals surface area (Å²) in [5, 5.41) is 1.65. The first kappa shape index (κ1) is 32.2. The van der Waals surface area contributed by atoms with Gasteiger partial charge in [0.2, 0.25) is 10.0 Å². The SMILES string of the molecule is Nc1ccc(S(=O)(=O)Cc2ccccc2)s1.[C-]#[N+]c1ccc(Br)s1.[C-]#[N+]c1ccc(S(=O)(=O)Cc2ccccc2)s1. The lowest BCUT2D eigenvalue weighted by Crippen LogP contribution is -2.02. The molecule has 2 N–H and O–H groups in total. The van der Waals surface area contributed by atoms with Crippen molar-refractivity contribution in [3.63, 3.8) is 0 Å². The first-order valence-electron chi connectivity index (χ1n) is 11.5. The van der Waals surface area contributed by atoms with Crippen molar-refractivity contribution >= 4 is 84.6 Å². The number of nitrogen functional groups attached to an aromatic ring is 1. The summed E-state index contributed by atoms with van der Waals surface area (Å²) < 4.78 is 49.6. The number of hydrogen-bond acceptors (Lipinski definition) is 8. The molecule has 0 atom stereocenters. The van der Waals surface area contributed by atoms with Gasteiger partial charge in [-0.3, -0.25) is 0 Å². The van der Waals surface area contributed by atoms with E-state index >= 15 is 0 Å². The molecule has 0 saturated carbocycles. The van der Waals surface area contributed by atoms with Gasteiger partial charge in [-0.1, -0.05) is 60.7 Å². The van der Waals surface area contributed by atoms with Gasteiger partial charge in [-0.2, -0.15) is 0 Å². The van der Waals surface area contributed by atoms with Gasteiger partial charge in [-0.05, 0) is 63.5 Å². The third-order valence-corrected chi connectivity index (χ3v) is 12.9. The molecule has 2 aromatic carbocycles. The zero-order chi connectivity index (χ0) is 29.9. The van der Waals surface area contributed by atoms with E-state index in [-0.39, 0.29) is 15.7 Å². The first-order valence-corrected chi connectivity index (χ1v) is 18.1. The summed E-state index contributed by atoms with van der Waals surface area (Å²) in [4.78, 5) is 6.45. The van der Waals surface area contributed by atoms with E-state index in [1.807, 2.05) is 42.5 Å². The highest BCUT2D eigenvalue weighted by Gasteiger charge is 2.18. The van der Waals surface area contributed by atoms with Crippen LogP contribution in [0.3, 0.4) is 0 Å².